The van der Waals surface area contributed by atoms with Crippen molar-refractivity contribution in [2.75, 3.05) is 27.3 Å². The SMILES string of the molecule is COc1cccc(F)c1C(=O)N[C@@H](Cc1cccc2c(-c3c(CN4CCCCC4)cccc3OC)cccc12)C(=O)O. The van der Waals surface area contributed by atoms with Gasteiger partial charge in [-0.05, 0) is 71.6 Å². The third-order valence-electron chi connectivity index (χ3n) is 7.91. The Hall–Kier alpha value is -4.43. The molecule has 218 valence electrons. The van der Waals surface area contributed by atoms with E-state index in [9.17, 15) is 19.1 Å². The van der Waals surface area contributed by atoms with Crippen molar-refractivity contribution < 1.29 is 28.6 Å². The van der Waals surface area contributed by atoms with Gasteiger partial charge in [0, 0.05) is 18.5 Å². The number of benzene rings is 4. The van der Waals surface area contributed by atoms with E-state index in [-0.39, 0.29) is 17.7 Å². The number of rotatable bonds is 10. The van der Waals surface area contributed by atoms with E-state index in [0.29, 0.717) is 0 Å². The summed E-state index contributed by atoms with van der Waals surface area (Å²) in [5.41, 5.74) is 3.59. The molecule has 1 heterocycles. The van der Waals surface area contributed by atoms with E-state index >= 15 is 0 Å². The quantitative estimate of drug-likeness (QED) is 0.241. The van der Waals surface area contributed by atoms with Crippen LogP contribution in [0.2, 0.25) is 0 Å². The van der Waals surface area contributed by atoms with Crippen molar-refractivity contribution >= 4 is 22.6 Å². The highest BCUT2D eigenvalue weighted by atomic mass is 19.1. The number of nitrogens with one attached hydrogen (secondary N) is 1. The average molecular weight is 571 g/mol. The Morgan fingerprint density at radius 1 is 0.857 bits per heavy atom. The van der Waals surface area contributed by atoms with Gasteiger partial charge in [0.15, 0.2) is 0 Å². The highest BCUT2D eigenvalue weighted by molar-refractivity contribution is 6.01. The predicted octanol–water partition coefficient (Wildman–Crippen LogP) is 6.07. The van der Waals surface area contributed by atoms with Crippen LogP contribution in [0.25, 0.3) is 21.9 Å². The number of methoxy groups -OCH3 is 2. The standard InChI is InChI=1S/C34H35FN2O5/c1-41-29-16-7-11-23(21-37-18-4-3-5-19-37)31(29)26-14-8-12-24-22(10-6-13-25(24)26)20-28(34(39)40)36-33(38)32-27(35)15-9-17-30(32)42-2/h6-17,28H,3-5,18-21H2,1-2H3,(H,36,38)(H,39,40)/t28-/m0/s1. The second-order valence-corrected chi connectivity index (χ2v) is 10.5. The fourth-order valence-electron chi connectivity index (χ4n) is 5.86. The number of carbonyl (C=O) groups is 2. The molecule has 1 aliphatic rings. The number of carboxylic acids is 1. The number of fused-ring (bicyclic) bond motifs is 1. The molecule has 5 rings (SSSR count). The lowest BCUT2D eigenvalue weighted by atomic mass is 9.90. The average Bonchev–Trinajstić information content (AvgIpc) is 3.00. The smallest absolute Gasteiger partial charge is 0.326 e. The van der Waals surface area contributed by atoms with Gasteiger partial charge in [-0.25, -0.2) is 9.18 Å². The summed E-state index contributed by atoms with van der Waals surface area (Å²) in [5, 5.41) is 14.3. The van der Waals surface area contributed by atoms with Crippen LogP contribution in [-0.4, -0.2) is 55.2 Å². The lowest BCUT2D eigenvalue weighted by Crippen LogP contribution is -2.42. The summed E-state index contributed by atoms with van der Waals surface area (Å²) in [6.45, 7) is 2.95. The minimum Gasteiger partial charge on any atom is -0.496 e. The molecule has 1 fully saturated rings. The second-order valence-electron chi connectivity index (χ2n) is 10.5. The minimum absolute atomic E-state index is 0.00515. The molecule has 1 amide bonds. The molecule has 1 saturated heterocycles. The lowest BCUT2D eigenvalue weighted by molar-refractivity contribution is -0.139. The first kappa shape index (κ1) is 29.1. The van der Waals surface area contributed by atoms with Crippen molar-refractivity contribution in [2.24, 2.45) is 0 Å². The van der Waals surface area contributed by atoms with Gasteiger partial charge in [0.1, 0.15) is 28.9 Å². The van der Waals surface area contributed by atoms with E-state index in [1.165, 1.54) is 44.1 Å². The van der Waals surface area contributed by atoms with Gasteiger partial charge >= 0.3 is 5.97 Å². The van der Waals surface area contributed by atoms with E-state index in [4.69, 9.17) is 9.47 Å². The number of amides is 1. The van der Waals surface area contributed by atoms with Crippen molar-refractivity contribution in [3.8, 4) is 22.6 Å². The first-order valence-corrected chi connectivity index (χ1v) is 14.2. The molecule has 0 aromatic heterocycles. The number of nitrogens with zero attached hydrogens (tertiary/aromatic N) is 1. The molecule has 42 heavy (non-hydrogen) atoms. The molecule has 4 aromatic rings. The molecule has 7 nitrogen and oxygen atoms in total. The Kier molecular flexibility index (Phi) is 9.03. The van der Waals surface area contributed by atoms with Crippen molar-refractivity contribution in [1.82, 2.24) is 10.2 Å². The maximum Gasteiger partial charge on any atom is 0.326 e. The van der Waals surface area contributed by atoms with E-state index in [1.807, 2.05) is 42.5 Å². The molecule has 0 bridgehead atoms. The fourth-order valence-corrected chi connectivity index (χ4v) is 5.86. The van der Waals surface area contributed by atoms with Crippen molar-refractivity contribution in [3.05, 3.63) is 95.3 Å². The first-order valence-electron chi connectivity index (χ1n) is 14.2. The van der Waals surface area contributed by atoms with E-state index < -0.39 is 23.7 Å². The molecule has 1 atom stereocenters. The summed E-state index contributed by atoms with van der Waals surface area (Å²) in [4.78, 5) is 27.8. The molecule has 0 unspecified atom stereocenters. The number of carbonyl (C=O) groups excluding carboxylic acids is 1. The van der Waals surface area contributed by atoms with Crippen LogP contribution in [0.4, 0.5) is 4.39 Å². The van der Waals surface area contributed by atoms with Crippen LogP contribution in [0.1, 0.15) is 40.7 Å². The summed E-state index contributed by atoms with van der Waals surface area (Å²) < 4.78 is 25.5. The van der Waals surface area contributed by atoms with Gasteiger partial charge in [-0.2, -0.15) is 0 Å². The number of hydrogen-bond acceptors (Lipinski definition) is 5. The van der Waals surface area contributed by atoms with Gasteiger partial charge in [0.2, 0.25) is 0 Å². The number of aliphatic carboxylic acids is 1. The number of carboxylic acid groups (broad SMARTS) is 1. The van der Waals surface area contributed by atoms with Crippen LogP contribution in [-0.2, 0) is 17.8 Å². The van der Waals surface area contributed by atoms with E-state index in [1.54, 1.807) is 7.11 Å². The lowest BCUT2D eigenvalue weighted by Gasteiger charge is -2.28. The summed E-state index contributed by atoms with van der Waals surface area (Å²) in [6.07, 6.45) is 3.66. The monoisotopic (exact) mass is 570 g/mol. The molecular weight excluding hydrogens is 535 g/mol. The van der Waals surface area contributed by atoms with Crippen molar-refractivity contribution in [3.63, 3.8) is 0 Å². The summed E-state index contributed by atoms with van der Waals surface area (Å²) in [5.74, 6) is -2.06. The van der Waals surface area contributed by atoms with Crippen LogP contribution in [0.15, 0.2) is 72.8 Å². The zero-order valence-electron chi connectivity index (χ0n) is 23.9. The van der Waals surface area contributed by atoms with Gasteiger partial charge in [0.05, 0.1) is 14.2 Å². The Morgan fingerprint density at radius 3 is 2.24 bits per heavy atom. The Morgan fingerprint density at radius 2 is 1.50 bits per heavy atom. The van der Waals surface area contributed by atoms with E-state index in [2.05, 4.69) is 22.3 Å². The third-order valence-corrected chi connectivity index (χ3v) is 7.91. The molecule has 0 spiro atoms. The summed E-state index contributed by atoms with van der Waals surface area (Å²) in [6, 6.07) is 20.6. The highest BCUT2D eigenvalue weighted by Gasteiger charge is 2.26. The molecule has 4 aromatic carbocycles. The maximum atomic E-state index is 14.5. The van der Waals surface area contributed by atoms with Crippen LogP contribution in [0.3, 0.4) is 0 Å². The van der Waals surface area contributed by atoms with Crippen LogP contribution in [0.5, 0.6) is 11.5 Å². The van der Waals surface area contributed by atoms with Gasteiger partial charge in [0.25, 0.3) is 5.91 Å². The number of likely N-dealkylation sites (tertiary alicyclic amines) is 1. The van der Waals surface area contributed by atoms with Gasteiger partial charge in [-0.15, -0.1) is 0 Å². The molecule has 0 saturated carbocycles. The van der Waals surface area contributed by atoms with Gasteiger partial charge in [-0.1, -0.05) is 61.0 Å². The molecule has 2 N–H and O–H groups in total. The number of halogens is 1. The zero-order chi connectivity index (χ0) is 29.6. The second kappa shape index (κ2) is 13.0. The number of piperidine rings is 1. The molecular formula is C34H35FN2O5. The van der Waals surface area contributed by atoms with Crippen molar-refractivity contribution in [2.45, 2.75) is 38.3 Å². The maximum absolute atomic E-state index is 14.5. The van der Waals surface area contributed by atoms with Crippen molar-refractivity contribution in [1.29, 1.82) is 0 Å². The van der Waals surface area contributed by atoms with Crippen LogP contribution < -0.4 is 14.8 Å². The van der Waals surface area contributed by atoms with Gasteiger partial charge in [-0.3, -0.25) is 9.69 Å². The normalized spacial score (nSPS) is 14.4. The first-order chi connectivity index (χ1) is 20.4. The Balaban J connectivity index is 1.51. The van der Waals surface area contributed by atoms with Crippen LogP contribution >= 0.6 is 0 Å². The molecule has 0 radical (unpaired) electrons. The molecule has 8 heteroatoms. The van der Waals surface area contributed by atoms with E-state index in [0.717, 1.165) is 58.9 Å². The van der Waals surface area contributed by atoms with Gasteiger partial charge < -0.3 is 19.9 Å². The summed E-state index contributed by atoms with van der Waals surface area (Å²) >= 11 is 0. The highest BCUT2D eigenvalue weighted by Crippen LogP contribution is 2.39. The molecule has 1 aliphatic heterocycles. The Bertz CT molecular complexity index is 1600. The largest absolute Gasteiger partial charge is 0.496 e. The number of ether oxygens (including phenoxy) is 2. The zero-order valence-corrected chi connectivity index (χ0v) is 23.9. The Labute approximate surface area is 244 Å². The fraction of sp³-hybridized carbons (Fsp3) is 0.294. The number of hydrogen-bond donors (Lipinski definition) is 2. The third kappa shape index (κ3) is 6.09. The molecule has 0 aliphatic carbocycles. The minimum atomic E-state index is -1.29. The summed E-state index contributed by atoms with van der Waals surface area (Å²) in [7, 11) is 3.00. The topological polar surface area (TPSA) is 88.1 Å². The predicted molar refractivity (Wildman–Crippen MR) is 161 cm³/mol. The van der Waals surface area contributed by atoms with Crippen LogP contribution in [0, 0.1) is 5.82 Å².